The quantitative estimate of drug-likeness (QED) is 0.330. The van der Waals surface area contributed by atoms with E-state index in [2.05, 4.69) is 9.97 Å². The summed E-state index contributed by atoms with van der Waals surface area (Å²) in [6.45, 7) is 8.09. The number of ether oxygens (including phenoxy) is 1. The molecular formula is C16H18F6N2O7S2. The number of pyridine rings is 2. The molecule has 0 aromatic carbocycles. The van der Waals surface area contributed by atoms with E-state index in [1.165, 1.54) is 0 Å². The Morgan fingerprint density at radius 1 is 0.636 bits per heavy atom. The van der Waals surface area contributed by atoms with E-state index in [-0.39, 0.29) is 0 Å². The Kier molecular flexibility index (Phi) is 10.2. The maximum Gasteiger partial charge on any atom is 0.485 e. The lowest BCUT2D eigenvalue weighted by molar-refractivity contribution is -0.397. The first-order valence-electron chi connectivity index (χ1n) is 8.26. The summed E-state index contributed by atoms with van der Waals surface area (Å²) in [4.78, 5) is 6.47. The number of alkyl halides is 6. The number of H-pyrrole nitrogens is 2. The third-order valence-electron chi connectivity index (χ3n) is 3.03. The summed E-state index contributed by atoms with van der Waals surface area (Å²) < 4.78 is 124. The van der Waals surface area contributed by atoms with Crippen LogP contribution >= 0.6 is 0 Å². The van der Waals surface area contributed by atoms with Crippen molar-refractivity contribution in [3.8, 4) is 11.5 Å². The van der Waals surface area contributed by atoms with Gasteiger partial charge in [0.15, 0.2) is 43.0 Å². The summed E-state index contributed by atoms with van der Waals surface area (Å²) in [5.41, 5.74) is -6.92. The molecule has 0 saturated heterocycles. The van der Waals surface area contributed by atoms with Gasteiger partial charge in [-0.15, -0.1) is 0 Å². The average molecular weight is 528 g/mol. The Hall–Kier alpha value is -2.50. The lowest BCUT2D eigenvalue weighted by Crippen LogP contribution is -2.21. The van der Waals surface area contributed by atoms with Crippen molar-refractivity contribution in [2.45, 2.75) is 38.7 Å². The Labute approximate surface area is 184 Å². The van der Waals surface area contributed by atoms with Crippen molar-refractivity contribution in [3.05, 3.63) is 47.0 Å². The minimum absolute atomic E-state index is 0.865. The number of rotatable bonds is 2. The molecule has 0 atom stereocenters. The first-order chi connectivity index (χ1) is 14.5. The summed E-state index contributed by atoms with van der Waals surface area (Å²) in [7, 11) is -12.2. The molecule has 2 N–H and O–H groups in total. The van der Waals surface area contributed by atoms with E-state index in [1.54, 1.807) is 0 Å². The second-order valence-corrected chi connectivity index (χ2v) is 9.01. The largest absolute Gasteiger partial charge is 0.741 e. The van der Waals surface area contributed by atoms with Gasteiger partial charge >= 0.3 is 11.0 Å². The van der Waals surface area contributed by atoms with E-state index < -0.39 is 31.3 Å². The molecule has 0 radical (unpaired) electrons. The van der Waals surface area contributed by atoms with Gasteiger partial charge in [0.05, 0.1) is 0 Å². The third kappa shape index (κ3) is 11.8. The zero-order chi connectivity index (χ0) is 26.4. The van der Waals surface area contributed by atoms with Crippen LogP contribution in [0.25, 0.3) is 0 Å². The molecule has 0 aliphatic heterocycles. The molecule has 9 nitrogen and oxygen atoms in total. The highest BCUT2D eigenvalue weighted by molar-refractivity contribution is 7.86. The first-order valence-corrected chi connectivity index (χ1v) is 11.1. The van der Waals surface area contributed by atoms with E-state index in [0.717, 1.165) is 34.3 Å². The maximum atomic E-state index is 10.7. The molecule has 33 heavy (non-hydrogen) atoms. The number of aromatic amines is 2. The predicted octanol–water partition coefficient (Wildman–Crippen LogP) is 2.44. The fraction of sp³-hybridized carbons (Fsp3) is 0.375. The smallest absolute Gasteiger partial charge is 0.485 e. The van der Waals surface area contributed by atoms with Crippen LogP contribution in [0.4, 0.5) is 26.3 Å². The second-order valence-electron chi connectivity index (χ2n) is 6.27. The van der Waals surface area contributed by atoms with Crippen LogP contribution in [0.15, 0.2) is 24.3 Å². The molecule has 0 aliphatic carbocycles. The SMILES string of the molecule is Cc1cc(Oc2cc(C)[nH+]c(C)c2)cc(C)[nH+]1.O=S(=O)([O-])C(F)(F)F.O=S(=O)([O-])C(F)(F)F. The Morgan fingerprint density at radius 2 is 0.818 bits per heavy atom. The average Bonchev–Trinajstić information content (AvgIpc) is 2.49. The van der Waals surface area contributed by atoms with Crippen molar-refractivity contribution in [1.29, 1.82) is 0 Å². The second kappa shape index (κ2) is 11.1. The lowest BCUT2D eigenvalue weighted by atomic mass is 10.3. The van der Waals surface area contributed by atoms with Crippen LogP contribution in [-0.2, 0) is 20.2 Å². The highest BCUT2D eigenvalue weighted by Gasteiger charge is 2.37. The van der Waals surface area contributed by atoms with Crippen molar-refractivity contribution in [1.82, 2.24) is 0 Å². The van der Waals surface area contributed by atoms with E-state index in [0.29, 0.717) is 0 Å². The van der Waals surface area contributed by atoms with Crippen LogP contribution in [-0.4, -0.2) is 37.0 Å². The van der Waals surface area contributed by atoms with Crippen LogP contribution in [0.1, 0.15) is 22.8 Å². The number of halogens is 6. The number of aryl methyl sites for hydroxylation is 4. The van der Waals surface area contributed by atoms with E-state index in [9.17, 15) is 26.3 Å². The van der Waals surface area contributed by atoms with Gasteiger partial charge in [-0.05, 0) is 0 Å². The fourth-order valence-corrected chi connectivity index (χ4v) is 1.96. The van der Waals surface area contributed by atoms with Gasteiger partial charge in [0.2, 0.25) is 0 Å². The van der Waals surface area contributed by atoms with Gasteiger partial charge in [-0.1, -0.05) is 0 Å². The zero-order valence-electron chi connectivity index (χ0n) is 17.3. The minimum Gasteiger partial charge on any atom is -0.741 e. The molecule has 2 heterocycles. The van der Waals surface area contributed by atoms with Gasteiger partial charge in [0.25, 0.3) is 0 Å². The van der Waals surface area contributed by atoms with Crippen LogP contribution in [0.3, 0.4) is 0 Å². The molecular weight excluding hydrogens is 510 g/mol. The molecule has 0 fully saturated rings. The van der Waals surface area contributed by atoms with Crippen LogP contribution in [0, 0.1) is 27.7 Å². The Morgan fingerprint density at radius 3 is 0.970 bits per heavy atom. The minimum atomic E-state index is -6.09. The molecule has 0 bridgehead atoms. The topological polar surface area (TPSA) is 152 Å². The summed E-state index contributed by atoms with van der Waals surface area (Å²) in [5, 5.41) is 0. The number of nitrogens with one attached hydrogen (secondary N) is 2. The van der Waals surface area contributed by atoms with E-state index in [4.69, 9.17) is 30.7 Å². The standard InChI is InChI=1S/C14H16N2O.2CHF3O3S/c1-9-5-13(6-10(2)15-9)17-14-7-11(3)16-12(4)8-14;2*2-1(3,4)8(5,6)7/h5-8H,1-4H3;2*(H,5,6,7). The van der Waals surface area contributed by atoms with Crippen LogP contribution in [0.5, 0.6) is 11.5 Å². The Balaban J connectivity index is 0.000000539. The zero-order valence-corrected chi connectivity index (χ0v) is 18.9. The van der Waals surface area contributed by atoms with Crippen molar-refractivity contribution in [2.75, 3.05) is 0 Å². The predicted molar refractivity (Wildman–Crippen MR) is 96.5 cm³/mol. The van der Waals surface area contributed by atoms with Crippen molar-refractivity contribution in [2.24, 2.45) is 0 Å². The summed E-state index contributed by atoms with van der Waals surface area (Å²) in [6, 6.07) is 7.98. The normalized spacial score (nSPS) is 12.1. The monoisotopic (exact) mass is 528 g/mol. The molecule has 0 aliphatic rings. The number of hydrogen-bond acceptors (Lipinski definition) is 7. The van der Waals surface area contributed by atoms with Gasteiger partial charge in [-0.3, -0.25) is 0 Å². The van der Waals surface area contributed by atoms with Crippen molar-refractivity contribution < 1.29 is 67.0 Å². The number of hydrogen-bond donors (Lipinski definition) is 0. The molecule has 2 aromatic rings. The molecule has 0 amide bonds. The highest BCUT2D eigenvalue weighted by Crippen LogP contribution is 2.22. The van der Waals surface area contributed by atoms with Gasteiger partial charge in [0, 0.05) is 52.0 Å². The molecule has 17 heteroatoms. The summed E-state index contributed by atoms with van der Waals surface area (Å²) in [5.74, 6) is 1.73. The highest BCUT2D eigenvalue weighted by atomic mass is 32.2. The van der Waals surface area contributed by atoms with Gasteiger partial charge < -0.3 is 13.8 Å². The van der Waals surface area contributed by atoms with Gasteiger partial charge in [-0.2, -0.15) is 26.3 Å². The van der Waals surface area contributed by atoms with E-state index in [1.807, 2.05) is 52.0 Å². The maximum absolute atomic E-state index is 10.7. The van der Waals surface area contributed by atoms with Gasteiger partial charge in [0.1, 0.15) is 11.5 Å². The summed E-state index contributed by atoms with van der Waals surface area (Å²) in [6.07, 6.45) is 0. The first kappa shape index (κ1) is 30.5. The third-order valence-corrected chi connectivity index (χ3v) is 4.16. The molecule has 2 aromatic heterocycles. The lowest BCUT2D eigenvalue weighted by Gasteiger charge is -2.08. The summed E-state index contributed by atoms with van der Waals surface area (Å²) >= 11 is 0. The van der Waals surface area contributed by atoms with Crippen molar-refractivity contribution >= 4 is 20.2 Å². The fourth-order valence-electron chi connectivity index (χ4n) is 1.96. The van der Waals surface area contributed by atoms with Crippen LogP contribution < -0.4 is 14.7 Å². The molecule has 188 valence electrons. The number of aromatic nitrogens is 2. The van der Waals surface area contributed by atoms with E-state index >= 15 is 0 Å². The molecule has 2 rings (SSSR count). The van der Waals surface area contributed by atoms with Crippen molar-refractivity contribution in [3.63, 3.8) is 0 Å². The van der Waals surface area contributed by atoms with Crippen LogP contribution in [0.2, 0.25) is 0 Å². The molecule has 0 spiro atoms. The molecule has 0 unspecified atom stereocenters. The molecule has 0 saturated carbocycles. The van der Waals surface area contributed by atoms with Gasteiger partial charge in [-0.25, -0.2) is 26.8 Å². The Bertz CT molecular complexity index is 1030.